The quantitative estimate of drug-likeness (QED) is 0.892. The third kappa shape index (κ3) is 4.79. The maximum Gasteiger partial charge on any atom is 0.321 e. The molecular formula is C19H20FN3O2. The summed E-state index contributed by atoms with van der Waals surface area (Å²) in [5, 5.41) is 5.64. The van der Waals surface area contributed by atoms with Crippen molar-refractivity contribution >= 4 is 23.3 Å². The van der Waals surface area contributed by atoms with Crippen LogP contribution >= 0.6 is 0 Å². The second-order valence-corrected chi connectivity index (χ2v) is 6.06. The number of urea groups is 1. The van der Waals surface area contributed by atoms with Crippen LogP contribution in [0, 0.1) is 5.82 Å². The first kappa shape index (κ1) is 17.0. The van der Waals surface area contributed by atoms with Gasteiger partial charge in [-0.05, 0) is 48.7 Å². The van der Waals surface area contributed by atoms with E-state index in [0.717, 1.165) is 31.5 Å². The molecule has 3 rings (SSSR count). The van der Waals surface area contributed by atoms with Gasteiger partial charge in [-0.3, -0.25) is 4.79 Å². The summed E-state index contributed by atoms with van der Waals surface area (Å²) < 4.78 is 12.9. The average Bonchev–Trinajstić information content (AvgIpc) is 3.12. The smallest absolute Gasteiger partial charge is 0.321 e. The number of likely N-dealkylation sites (tertiary alicyclic amines) is 1. The van der Waals surface area contributed by atoms with Crippen molar-refractivity contribution in [3.8, 4) is 0 Å². The molecule has 3 amide bonds. The SMILES string of the molecule is O=C(Cc1ccc(F)cc1)Nc1cccc(NC(=O)N2CCCC2)c1. The number of halogens is 1. The van der Waals surface area contributed by atoms with Crippen molar-refractivity contribution in [1.29, 1.82) is 0 Å². The minimum Gasteiger partial charge on any atom is -0.326 e. The standard InChI is InChI=1S/C19H20FN3O2/c20-15-8-6-14(7-9-15)12-18(24)21-16-4-3-5-17(13-16)22-19(25)23-10-1-2-11-23/h3-9,13H,1-2,10-12H2,(H,21,24)(H,22,25). The van der Waals surface area contributed by atoms with E-state index in [-0.39, 0.29) is 24.2 Å². The molecule has 130 valence electrons. The third-order valence-electron chi connectivity index (χ3n) is 4.07. The van der Waals surface area contributed by atoms with Crippen LogP contribution in [0.25, 0.3) is 0 Å². The van der Waals surface area contributed by atoms with Crippen LogP contribution in [0.1, 0.15) is 18.4 Å². The van der Waals surface area contributed by atoms with Gasteiger partial charge in [0.15, 0.2) is 0 Å². The predicted octanol–water partition coefficient (Wildman–Crippen LogP) is 3.63. The highest BCUT2D eigenvalue weighted by molar-refractivity contribution is 5.94. The van der Waals surface area contributed by atoms with Gasteiger partial charge in [-0.2, -0.15) is 0 Å². The Morgan fingerprint density at radius 1 is 0.960 bits per heavy atom. The number of hydrogen-bond acceptors (Lipinski definition) is 2. The van der Waals surface area contributed by atoms with Crippen molar-refractivity contribution in [2.24, 2.45) is 0 Å². The number of benzene rings is 2. The zero-order valence-electron chi connectivity index (χ0n) is 13.8. The summed E-state index contributed by atoms with van der Waals surface area (Å²) in [7, 11) is 0. The fraction of sp³-hybridized carbons (Fsp3) is 0.263. The van der Waals surface area contributed by atoms with Crippen molar-refractivity contribution in [2.75, 3.05) is 23.7 Å². The summed E-state index contributed by atoms with van der Waals surface area (Å²) in [6.45, 7) is 1.56. The van der Waals surface area contributed by atoms with Crippen LogP contribution in [0.2, 0.25) is 0 Å². The molecule has 1 aliphatic rings. The van der Waals surface area contributed by atoms with E-state index in [4.69, 9.17) is 0 Å². The number of nitrogens with zero attached hydrogens (tertiary/aromatic N) is 1. The molecule has 0 spiro atoms. The van der Waals surface area contributed by atoms with Gasteiger partial charge < -0.3 is 15.5 Å². The first-order valence-electron chi connectivity index (χ1n) is 8.30. The summed E-state index contributed by atoms with van der Waals surface area (Å²) in [4.78, 5) is 26.0. The topological polar surface area (TPSA) is 61.4 Å². The molecule has 6 heteroatoms. The molecule has 0 bridgehead atoms. The molecule has 25 heavy (non-hydrogen) atoms. The minimum absolute atomic E-state index is 0.118. The fourth-order valence-electron chi connectivity index (χ4n) is 2.79. The lowest BCUT2D eigenvalue weighted by atomic mass is 10.1. The summed E-state index contributed by atoms with van der Waals surface area (Å²) in [5.74, 6) is -0.528. The van der Waals surface area contributed by atoms with E-state index in [1.807, 2.05) is 0 Å². The highest BCUT2D eigenvalue weighted by atomic mass is 19.1. The Labute approximate surface area is 145 Å². The molecule has 0 saturated carbocycles. The number of nitrogens with one attached hydrogen (secondary N) is 2. The third-order valence-corrected chi connectivity index (χ3v) is 4.07. The van der Waals surface area contributed by atoms with E-state index in [1.54, 1.807) is 41.3 Å². The van der Waals surface area contributed by atoms with E-state index >= 15 is 0 Å². The van der Waals surface area contributed by atoms with Gasteiger partial charge in [0.25, 0.3) is 0 Å². The lowest BCUT2D eigenvalue weighted by Gasteiger charge is -2.16. The molecule has 0 unspecified atom stereocenters. The van der Waals surface area contributed by atoms with Crippen LogP contribution in [0.5, 0.6) is 0 Å². The van der Waals surface area contributed by atoms with Gasteiger partial charge in [-0.15, -0.1) is 0 Å². The number of amides is 3. The summed E-state index contributed by atoms with van der Waals surface area (Å²) in [6, 6.07) is 12.7. The molecule has 1 heterocycles. The van der Waals surface area contributed by atoms with Gasteiger partial charge in [-0.25, -0.2) is 9.18 Å². The Hall–Kier alpha value is -2.89. The van der Waals surface area contributed by atoms with Crippen LogP contribution in [0.4, 0.5) is 20.6 Å². The van der Waals surface area contributed by atoms with Gasteiger partial charge in [0, 0.05) is 24.5 Å². The Bertz CT molecular complexity index is 756. The number of rotatable bonds is 4. The van der Waals surface area contributed by atoms with Gasteiger partial charge in [0.1, 0.15) is 5.82 Å². The monoisotopic (exact) mass is 341 g/mol. The molecule has 2 aromatic carbocycles. The first-order valence-corrected chi connectivity index (χ1v) is 8.30. The van der Waals surface area contributed by atoms with Crippen LogP contribution in [0.15, 0.2) is 48.5 Å². The van der Waals surface area contributed by atoms with Gasteiger partial charge in [0.2, 0.25) is 5.91 Å². The van der Waals surface area contributed by atoms with Gasteiger partial charge in [-0.1, -0.05) is 18.2 Å². The van der Waals surface area contributed by atoms with Crippen LogP contribution in [-0.2, 0) is 11.2 Å². The second-order valence-electron chi connectivity index (χ2n) is 6.06. The van der Waals surface area contributed by atoms with Gasteiger partial charge in [0.05, 0.1) is 6.42 Å². The first-order chi connectivity index (χ1) is 12.1. The van der Waals surface area contributed by atoms with E-state index in [1.165, 1.54) is 12.1 Å². The summed E-state index contributed by atoms with van der Waals surface area (Å²) >= 11 is 0. The number of anilines is 2. The van der Waals surface area contributed by atoms with Crippen LogP contribution in [0.3, 0.4) is 0 Å². The predicted molar refractivity (Wildman–Crippen MR) is 95.0 cm³/mol. The maximum absolute atomic E-state index is 12.9. The Balaban J connectivity index is 1.58. The number of hydrogen-bond donors (Lipinski definition) is 2. The molecular weight excluding hydrogens is 321 g/mol. The van der Waals surface area contributed by atoms with Gasteiger partial charge >= 0.3 is 6.03 Å². The van der Waals surface area contributed by atoms with Crippen molar-refractivity contribution in [3.05, 3.63) is 59.9 Å². The van der Waals surface area contributed by atoms with Crippen molar-refractivity contribution in [1.82, 2.24) is 4.90 Å². The van der Waals surface area contributed by atoms with E-state index < -0.39 is 0 Å². The molecule has 0 aromatic heterocycles. The number of carbonyl (C=O) groups is 2. The van der Waals surface area contributed by atoms with E-state index in [0.29, 0.717) is 11.4 Å². The molecule has 2 N–H and O–H groups in total. The fourth-order valence-corrected chi connectivity index (χ4v) is 2.79. The number of carbonyl (C=O) groups excluding carboxylic acids is 2. The molecule has 0 aliphatic carbocycles. The molecule has 1 fully saturated rings. The summed E-state index contributed by atoms with van der Waals surface area (Å²) in [5.41, 5.74) is 1.97. The molecule has 0 atom stereocenters. The largest absolute Gasteiger partial charge is 0.326 e. The zero-order chi connectivity index (χ0) is 17.6. The highest BCUT2D eigenvalue weighted by Gasteiger charge is 2.17. The Kier molecular flexibility index (Phi) is 5.28. The molecule has 5 nitrogen and oxygen atoms in total. The summed E-state index contributed by atoms with van der Waals surface area (Å²) in [6.07, 6.45) is 2.23. The molecule has 0 radical (unpaired) electrons. The normalized spacial score (nSPS) is 13.6. The Morgan fingerprint density at radius 3 is 2.28 bits per heavy atom. The zero-order valence-corrected chi connectivity index (χ0v) is 13.8. The van der Waals surface area contributed by atoms with Crippen molar-refractivity contribution < 1.29 is 14.0 Å². The van der Waals surface area contributed by atoms with E-state index in [9.17, 15) is 14.0 Å². The maximum atomic E-state index is 12.9. The average molecular weight is 341 g/mol. The minimum atomic E-state index is -0.328. The van der Waals surface area contributed by atoms with Crippen LogP contribution < -0.4 is 10.6 Å². The van der Waals surface area contributed by atoms with Crippen molar-refractivity contribution in [3.63, 3.8) is 0 Å². The lowest BCUT2D eigenvalue weighted by molar-refractivity contribution is -0.115. The van der Waals surface area contributed by atoms with E-state index in [2.05, 4.69) is 10.6 Å². The van der Waals surface area contributed by atoms with Crippen LogP contribution in [-0.4, -0.2) is 29.9 Å². The molecule has 2 aromatic rings. The second kappa shape index (κ2) is 7.79. The molecule has 1 saturated heterocycles. The highest BCUT2D eigenvalue weighted by Crippen LogP contribution is 2.17. The van der Waals surface area contributed by atoms with Crippen molar-refractivity contribution in [2.45, 2.75) is 19.3 Å². The lowest BCUT2D eigenvalue weighted by Crippen LogP contribution is -2.32. The molecule has 1 aliphatic heterocycles. The Morgan fingerprint density at radius 2 is 1.60 bits per heavy atom.